The number of nitrogen functional groups attached to an aromatic ring is 1. The number of anilines is 1. The van der Waals surface area contributed by atoms with Gasteiger partial charge in [0, 0.05) is 41.3 Å². The first kappa shape index (κ1) is 19.7. The Morgan fingerprint density at radius 2 is 2.03 bits per heavy atom. The van der Waals surface area contributed by atoms with Crippen LogP contribution in [0.3, 0.4) is 0 Å². The molecule has 1 aliphatic rings. The smallest absolute Gasteiger partial charge is 0.190 e. The summed E-state index contributed by atoms with van der Waals surface area (Å²) in [5.74, 6) is 0. The monoisotopic (exact) mass is 428 g/mol. The van der Waals surface area contributed by atoms with Crippen molar-refractivity contribution in [2.24, 2.45) is 0 Å². The van der Waals surface area contributed by atoms with Crippen molar-refractivity contribution < 1.29 is 8.42 Å². The lowest BCUT2D eigenvalue weighted by molar-refractivity contribution is 0.531. The van der Waals surface area contributed by atoms with Crippen LogP contribution >= 0.6 is 11.6 Å². The molecule has 0 amide bonds. The highest BCUT2D eigenvalue weighted by Crippen LogP contribution is 2.43. The summed E-state index contributed by atoms with van der Waals surface area (Å²) in [6.45, 7) is 9.38. The van der Waals surface area contributed by atoms with E-state index < -0.39 is 9.84 Å². The number of fused-ring (bicyclic) bond motifs is 1. The van der Waals surface area contributed by atoms with E-state index >= 15 is 0 Å². The van der Waals surface area contributed by atoms with E-state index in [1.54, 1.807) is 6.20 Å². The number of nitrogens with two attached hydrogens (primary N) is 1. The van der Waals surface area contributed by atoms with E-state index in [0.717, 1.165) is 28.5 Å². The minimum Gasteiger partial charge on any atom is -0.396 e. The topological polar surface area (TPSA) is 82.3 Å². The molecular weight excluding hydrogens is 408 g/mol. The Balaban J connectivity index is 1.94. The molecule has 150 valence electrons. The van der Waals surface area contributed by atoms with E-state index in [1.165, 1.54) is 12.5 Å². The van der Waals surface area contributed by atoms with E-state index in [2.05, 4.69) is 14.4 Å². The Bertz CT molecular complexity index is 1270. The van der Waals surface area contributed by atoms with Gasteiger partial charge < -0.3 is 10.3 Å². The molecule has 6 nitrogen and oxygen atoms in total. The summed E-state index contributed by atoms with van der Waals surface area (Å²) in [5, 5.41) is 0.984. The third-order valence-electron chi connectivity index (χ3n) is 5.82. The van der Waals surface area contributed by atoms with Gasteiger partial charge in [0.2, 0.25) is 0 Å². The van der Waals surface area contributed by atoms with Crippen LogP contribution in [0.15, 0.2) is 30.7 Å². The number of hydrogen-bond acceptors (Lipinski definition) is 4. The first-order valence-electron chi connectivity index (χ1n) is 9.31. The predicted octanol–water partition coefficient (Wildman–Crippen LogP) is 4.94. The van der Waals surface area contributed by atoms with Gasteiger partial charge in [0.15, 0.2) is 5.69 Å². The first-order chi connectivity index (χ1) is 13.7. The molecule has 1 aliphatic carbocycles. The van der Waals surface area contributed by atoms with Gasteiger partial charge in [0.1, 0.15) is 9.84 Å². The van der Waals surface area contributed by atoms with E-state index in [1.807, 2.05) is 25.3 Å². The Hall–Kier alpha value is -2.56. The molecule has 8 heteroatoms. The van der Waals surface area contributed by atoms with E-state index in [4.69, 9.17) is 23.9 Å². The summed E-state index contributed by atoms with van der Waals surface area (Å²) in [4.78, 5) is 7.82. The van der Waals surface area contributed by atoms with Gasteiger partial charge in [-0.05, 0) is 49.3 Å². The van der Waals surface area contributed by atoms with Gasteiger partial charge in [-0.15, -0.1) is 0 Å². The molecule has 1 aromatic carbocycles. The molecule has 2 N–H and O–H groups in total. The normalized spacial score (nSPS) is 19.5. The number of halogens is 1. The highest BCUT2D eigenvalue weighted by atomic mass is 35.5. The van der Waals surface area contributed by atoms with Crippen molar-refractivity contribution in [3.63, 3.8) is 0 Å². The van der Waals surface area contributed by atoms with Gasteiger partial charge in [-0.3, -0.25) is 4.98 Å². The Morgan fingerprint density at radius 1 is 1.28 bits per heavy atom. The van der Waals surface area contributed by atoms with E-state index in [-0.39, 0.29) is 11.3 Å². The van der Waals surface area contributed by atoms with Crippen LogP contribution in [0.5, 0.6) is 0 Å². The van der Waals surface area contributed by atoms with Crippen LogP contribution in [0.1, 0.15) is 30.9 Å². The van der Waals surface area contributed by atoms with Gasteiger partial charge in [0.25, 0.3) is 0 Å². The third kappa shape index (κ3) is 3.37. The molecule has 0 unspecified atom stereocenters. The molecule has 0 bridgehead atoms. The highest BCUT2D eigenvalue weighted by Gasteiger charge is 2.33. The maximum absolute atomic E-state index is 12.0. The van der Waals surface area contributed by atoms with Crippen molar-refractivity contribution in [2.45, 2.75) is 37.5 Å². The van der Waals surface area contributed by atoms with Crippen molar-refractivity contribution in [1.29, 1.82) is 0 Å². The standard InChI is InChI=1S/C21H21ClN4O2S/c1-12-6-20-15(8-19(12)24-2)17(16-9-25-10-18(23)21(16)22)11-26(20)13-4-5-14(7-13)29(3,27)28/h6,8-11,13-14H,4-5,7,23H2,1,3H3/t13-,14+/m1/s1. The lowest BCUT2D eigenvalue weighted by Gasteiger charge is -2.15. The summed E-state index contributed by atoms with van der Waals surface area (Å²) < 4.78 is 26.2. The molecule has 1 saturated carbocycles. The van der Waals surface area contributed by atoms with Gasteiger partial charge >= 0.3 is 0 Å². The van der Waals surface area contributed by atoms with E-state index in [9.17, 15) is 8.42 Å². The van der Waals surface area contributed by atoms with Gasteiger partial charge in [-0.1, -0.05) is 11.6 Å². The maximum atomic E-state index is 12.0. The molecule has 29 heavy (non-hydrogen) atoms. The number of aromatic nitrogens is 2. The zero-order chi connectivity index (χ0) is 20.9. The fourth-order valence-corrected chi connectivity index (χ4v) is 5.57. The second-order valence-corrected chi connectivity index (χ2v) is 10.4. The molecule has 0 spiro atoms. The summed E-state index contributed by atoms with van der Waals surface area (Å²) in [6.07, 6.45) is 8.50. The van der Waals surface area contributed by atoms with Crippen LogP contribution in [0.25, 0.3) is 26.9 Å². The summed E-state index contributed by atoms with van der Waals surface area (Å²) >= 11 is 6.47. The molecule has 2 atom stereocenters. The molecule has 1 fully saturated rings. The molecule has 0 radical (unpaired) electrons. The maximum Gasteiger partial charge on any atom is 0.190 e. The van der Waals surface area contributed by atoms with Gasteiger partial charge in [0.05, 0.1) is 28.7 Å². The van der Waals surface area contributed by atoms with Crippen LogP contribution in [0.2, 0.25) is 5.02 Å². The van der Waals surface area contributed by atoms with Crippen LogP contribution < -0.4 is 5.73 Å². The number of hydrogen-bond donors (Lipinski definition) is 1. The fraction of sp³-hybridized carbons (Fsp3) is 0.333. The zero-order valence-electron chi connectivity index (χ0n) is 16.2. The quantitative estimate of drug-likeness (QED) is 0.599. The number of benzene rings is 1. The molecule has 4 rings (SSSR count). The van der Waals surface area contributed by atoms with Gasteiger partial charge in [-0.25, -0.2) is 13.3 Å². The largest absolute Gasteiger partial charge is 0.396 e. The number of aryl methyl sites for hydroxylation is 1. The molecule has 2 heterocycles. The number of sulfone groups is 1. The van der Waals surface area contributed by atoms with Crippen molar-refractivity contribution in [3.05, 3.63) is 52.7 Å². The van der Waals surface area contributed by atoms with Crippen molar-refractivity contribution in [1.82, 2.24) is 9.55 Å². The fourth-order valence-electron chi connectivity index (χ4n) is 4.23. The Labute approximate surface area is 175 Å². The number of pyridine rings is 1. The van der Waals surface area contributed by atoms with Crippen LogP contribution in [-0.4, -0.2) is 29.5 Å². The predicted molar refractivity (Wildman–Crippen MR) is 117 cm³/mol. The second-order valence-electron chi connectivity index (χ2n) is 7.73. The average Bonchev–Trinajstić information content (AvgIpc) is 3.28. The van der Waals surface area contributed by atoms with Crippen LogP contribution in [0.4, 0.5) is 11.4 Å². The first-order valence-corrected chi connectivity index (χ1v) is 11.6. The van der Waals surface area contributed by atoms with Gasteiger partial charge in [-0.2, -0.15) is 0 Å². The zero-order valence-corrected chi connectivity index (χ0v) is 17.8. The van der Waals surface area contributed by atoms with Crippen molar-refractivity contribution >= 4 is 43.7 Å². The highest BCUT2D eigenvalue weighted by molar-refractivity contribution is 7.91. The SMILES string of the molecule is [C-]#[N+]c1cc2c(-c3cncc(N)c3Cl)cn([C@@H]3CC[C@H](S(C)(=O)=O)C3)c2cc1C. The number of nitrogens with zero attached hydrogens (tertiary/aromatic N) is 3. The second kappa shape index (κ2) is 7.05. The minimum absolute atomic E-state index is 0.0666. The summed E-state index contributed by atoms with van der Waals surface area (Å²) in [6, 6.07) is 3.93. The van der Waals surface area contributed by atoms with Crippen LogP contribution in [0, 0.1) is 13.5 Å². The molecular formula is C21H21ClN4O2S. The van der Waals surface area contributed by atoms with Crippen LogP contribution in [-0.2, 0) is 9.84 Å². The summed E-state index contributed by atoms with van der Waals surface area (Å²) in [7, 11) is -3.07. The molecule has 3 aromatic rings. The lowest BCUT2D eigenvalue weighted by Crippen LogP contribution is -2.16. The lowest BCUT2D eigenvalue weighted by atomic mass is 10.0. The Morgan fingerprint density at radius 3 is 2.69 bits per heavy atom. The number of rotatable bonds is 3. The van der Waals surface area contributed by atoms with E-state index in [0.29, 0.717) is 34.8 Å². The van der Waals surface area contributed by atoms with Crippen molar-refractivity contribution in [2.75, 3.05) is 12.0 Å². The molecule has 0 aliphatic heterocycles. The molecule has 2 aromatic heterocycles. The Kier molecular flexibility index (Phi) is 4.80. The summed E-state index contributed by atoms with van der Waals surface area (Å²) in [5.41, 5.74) is 10.3. The third-order valence-corrected chi connectivity index (χ3v) is 7.89. The average molecular weight is 429 g/mol. The molecule has 0 saturated heterocycles. The minimum atomic E-state index is -3.07. The van der Waals surface area contributed by atoms with Crippen molar-refractivity contribution in [3.8, 4) is 11.1 Å².